The van der Waals surface area contributed by atoms with Gasteiger partial charge >= 0.3 is 0 Å². The van der Waals surface area contributed by atoms with Crippen molar-refractivity contribution in [1.29, 1.82) is 0 Å². The van der Waals surface area contributed by atoms with E-state index in [1.807, 2.05) is 13.8 Å². The van der Waals surface area contributed by atoms with E-state index in [0.717, 1.165) is 5.33 Å². The van der Waals surface area contributed by atoms with Crippen LogP contribution >= 0.6 is 15.9 Å². The van der Waals surface area contributed by atoms with E-state index in [4.69, 9.17) is 4.52 Å². The molecule has 15 heavy (non-hydrogen) atoms. The molecular formula is C10H15BrN2O2. The molecule has 1 amide bonds. The first kappa shape index (κ1) is 12.2. The molecule has 0 aliphatic carbocycles. The Labute approximate surface area is 97.7 Å². The lowest BCUT2D eigenvalue weighted by Gasteiger charge is -2.24. The summed E-state index contributed by atoms with van der Waals surface area (Å²) in [4.78, 5) is 13.7. The Kier molecular flexibility index (Phi) is 4.32. The van der Waals surface area contributed by atoms with Crippen LogP contribution in [0.15, 0.2) is 10.6 Å². The smallest absolute Gasteiger partial charge is 0.276 e. The number of nitrogens with zero attached hydrogens (tertiary/aromatic N) is 2. The standard InChI is InChI=1S/C10H15BrN2O2/c1-7(2)13(5-4-11)10(14)9-6-8(3)15-12-9/h6-7H,4-5H2,1-3H3. The number of aryl methyl sites for hydroxylation is 1. The first-order chi connectivity index (χ1) is 7.06. The Morgan fingerprint density at radius 3 is 2.73 bits per heavy atom. The van der Waals surface area contributed by atoms with Crippen LogP contribution in [0, 0.1) is 6.92 Å². The first-order valence-corrected chi connectivity index (χ1v) is 5.98. The molecule has 0 aliphatic rings. The quantitative estimate of drug-likeness (QED) is 0.791. The van der Waals surface area contributed by atoms with Crippen molar-refractivity contribution in [3.8, 4) is 0 Å². The number of halogens is 1. The van der Waals surface area contributed by atoms with Crippen LogP contribution < -0.4 is 0 Å². The highest BCUT2D eigenvalue weighted by Gasteiger charge is 2.20. The number of amides is 1. The van der Waals surface area contributed by atoms with E-state index in [1.54, 1.807) is 17.9 Å². The molecule has 0 aromatic carbocycles. The summed E-state index contributed by atoms with van der Waals surface area (Å²) in [6, 6.07) is 1.82. The van der Waals surface area contributed by atoms with E-state index < -0.39 is 0 Å². The van der Waals surface area contributed by atoms with E-state index in [1.165, 1.54) is 0 Å². The van der Waals surface area contributed by atoms with Crippen LogP contribution in [0.5, 0.6) is 0 Å². The second-order valence-electron chi connectivity index (χ2n) is 3.60. The fourth-order valence-corrected chi connectivity index (χ4v) is 1.68. The first-order valence-electron chi connectivity index (χ1n) is 4.86. The van der Waals surface area contributed by atoms with E-state index >= 15 is 0 Å². The maximum atomic E-state index is 12.0. The molecule has 0 saturated carbocycles. The number of rotatable bonds is 4. The fourth-order valence-electron chi connectivity index (χ4n) is 1.30. The van der Waals surface area contributed by atoms with Crippen molar-refractivity contribution in [2.75, 3.05) is 11.9 Å². The molecule has 1 heterocycles. The molecule has 1 rings (SSSR count). The predicted molar refractivity (Wildman–Crippen MR) is 61.2 cm³/mol. The average Bonchev–Trinajstić information content (AvgIpc) is 2.59. The lowest BCUT2D eigenvalue weighted by atomic mass is 10.2. The third-order valence-corrected chi connectivity index (χ3v) is 2.41. The summed E-state index contributed by atoms with van der Waals surface area (Å²) in [5.41, 5.74) is 0.377. The zero-order valence-corrected chi connectivity index (χ0v) is 10.7. The summed E-state index contributed by atoms with van der Waals surface area (Å²) >= 11 is 3.33. The molecule has 1 aromatic rings. The third-order valence-electron chi connectivity index (χ3n) is 2.06. The molecule has 5 heteroatoms. The van der Waals surface area contributed by atoms with Gasteiger partial charge in [-0.05, 0) is 20.8 Å². The van der Waals surface area contributed by atoms with Crippen molar-refractivity contribution < 1.29 is 9.32 Å². The molecule has 0 spiro atoms. The van der Waals surface area contributed by atoms with Gasteiger partial charge < -0.3 is 9.42 Å². The Morgan fingerprint density at radius 1 is 1.67 bits per heavy atom. The molecule has 0 bridgehead atoms. The summed E-state index contributed by atoms with van der Waals surface area (Å²) in [7, 11) is 0. The highest BCUT2D eigenvalue weighted by Crippen LogP contribution is 2.09. The Balaban J connectivity index is 2.80. The number of carbonyl (C=O) groups is 1. The van der Waals surface area contributed by atoms with Crippen LogP contribution in [0.4, 0.5) is 0 Å². The normalized spacial score (nSPS) is 10.7. The second-order valence-corrected chi connectivity index (χ2v) is 4.40. The van der Waals surface area contributed by atoms with Gasteiger partial charge in [-0.25, -0.2) is 0 Å². The molecule has 0 atom stereocenters. The summed E-state index contributed by atoms with van der Waals surface area (Å²) < 4.78 is 4.88. The van der Waals surface area contributed by atoms with Crippen molar-refractivity contribution in [3.63, 3.8) is 0 Å². The largest absolute Gasteiger partial charge is 0.361 e. The zero-order chi connectivity index (χ0) is 11.4. The minimum Gasteiger partial charge on any atom is -0.361 e. The fraction of sp³-hybridized carbons (Fsp3) is 0.600. The molecule has 0 N–H and O–H groups in total. The van der Waals surface area contributed by atoms with Gasteiger partial charge in [0, 0.05) is 24.0 Å². The average molecular weight is 275 g/mol. The van der Waals surface area contributed by atoms with Crippen LogP contribution in [-0.2, 0) is 0 Å². The Bertz CT molecular complexity index is 336. The van der Waals surface area contributed by atoms with Gasteiger partial charge in [-0.1, -0.05) is 21.1 Å². The van der Waals surface area contributed by atoms with Gasteiger partial charge in [0.25, 0.3) is 5.91 Å². The highest BCUT2D eigenvalue weighted by molar-refractivity contribution is 9.09. The molecule has 0 fully saturated rings. The Morgan fingerprint density at radius 2 is 2.33 bits per heavy atom. The minimum atomic E-state index is -0.0821. The molecule has 0 radical (unpaired) electrons. The maximum absolute atomic E-state index is 12.0. The summed E-state index contributed by atoms with van der Waals surface area (Å²) in [6.45, 7) is 6.40. The van der Waals surface area contributed by atoms with Crippen LogP contribution in [0.3, 0.4) is 0 Å². The molecule has 0 aliphatic heterocycles. The zero-order valence-electron chi connectivity index (χ0n) is 9.16. The van der Waals surface area contributed by atoms with Crippen molar-refractivity contribution in [2.24, 2.45) is 0 Å². The van der Waals surface area contributed by atoms with E-state index in [2.05, 4.69) is 21.1 Å². The molecular weight excluding hydrogens is 260 g/mol. The molecule has 0 unspecified atom stereocenters. The number of hydrogen-bond acceptors (Lipinski definition) is 3. The number of carbonyl (C=O) groups excluding carboxylic acids is 1. The monoisotopic (exact) mass is 274 g/mol. The highest BCUT2D eigenvalue weighted by atomic mass is 79.9. The molecule has 84 valence electrons. The maximum Gasteiger partial charge on any atom is 0.276 e. The van der Waals surface area contributed by atoms with Gasteiger partial charge in [-0.2, -0.15) is 0 Å². The van der Waals surface area contributed by atoms with E-state index in [9.17, 15) is 4.79 Å². The lowest BCUT2D eigenvalue weighted by Crippen LogP contribution is -2.38. The third kappa shape index (κ3) is 3.06. The van der Waals surface area contributed by atoms with Crippen molar-refractivity contribution in [1.82, 2.24) is 10.1 Å². The minimum absolute atomic E-state index is 0.0821. The Hall–Kier alpha value is -0.840. The van der Waals surface area contributed by atoms with Crippen molar-refractivity contribution in [3.05, 3.63) is 17.5 Å². The van der Waals surface area contributed by atoms with E-state index in [0.29, 0.717) is 18.0 Å². The SMILES string of the molecule is Cc1cc(C(=O)N(CCBr)C(C)C)no1. The lowest BCUT2D eigenvalue weighted by molar-refractivity contribution is 0.0709. The van der Waals surface area contributed by atoms with E-state index in [-0.39, 0.29) is 11.9 Å². The second kappa shape index (κ2) is 5.30. The van der Waals surface area contributed by atoms with Gasteiger partial charge in [-0.15, -0.1) is 0 Å². The van der Waals surface area contributed by atoms with Crippen molar-refractivity contribution in [2.45, 2.75) is 26.8 Å². The number of aromatic nitrogens is 1. The van der Waals surface area contributed by atoms with Crippen LogP contribution in [0.1, 0.15) is 30.1 Å². The predicted octanol–water partition coefficient (Wildman–Crippen LogP) is 2.23. The summed E-state index contributed by atoms with van der Waals surface area (Å²) in [6.07, 6.45) is 0. The van der Waals surface area contributed by atoms with Crippen LogP contribution in [-0.4, -0.2) is 33.9 Å². The van der Waals surface area contributed by atoms with Gasteiger partial charge in [-0.3, -0.25) is 4.79 Å². The summed E-state index contributed by atoms with van der Waals surface area (Å²) in [5.74, 6) is 0.571. The number of hydrogen-bond donors (Lipinski definition) is 0. The molecule has 4 nitrogen and oxygen atoms in total. The van der Waals surface area contributed by atoms with Gasteiger partial charge in [0.2, 0.25) is 0 Å². The topological polar surface area (TPSA) is 46.3 Å². The molecule has 0 saturated heterocycles. The van der Waals surface area contributed by atoms with Crippen LogP contribution in [0.2, 0.25) is 0 Å². The molecule has 1 aromatic heterocycles. The van der Waals surface area contributed by atoms with Gasteiger partial charge in [0.15, 0.2) is 5.69 Å². The van der Waals surface area contributed by atoms with Gasteiger partial charge in [0.05, 0.1) is 0 Å². The van der Waals surface area contributed by atoms with Gasteiger partial charge in [0.1, 0.15) is 5.76 Å². The number of alkyl halides is 1. The van der Waals surface area contributed by atoms with Crippen LogP contribution in [0.25, 0.3) is 0 Å². The summed E-state index contributed by atoms with van der Waals surface area (Å²) in [5, 5.41) is 4.48. The van der Waals surface area contributed by atoms with Crippen molar-refractivity contribution >= 4 is 21.8 Å².